The number of hydrogen-bond donors (Lipinski definition) is 2. The Morgan fingerprint density at radius 2 is 2.17 bits per heavy atom. The van der Waals surface area contributed by atoms with E-state index < -0.39 is 5.54 Å². The van der Waals surface area contributed by atoms with Crippen LogP contribution in [0.1, 0.15) is 34.1 Å². The highest BCUT2D eigenvalue weighted by atomic mass is 16.5. The number of ether oxygens (including phenoxy) is 1. The fourth-order valence-corrected chi connectivity index (χ4v) is 2.44. The average molecular weight is 258 g/mol. The highest BCUT2D eigenvalue weighted by Crippen LogP contribution is 2.50. The molecule has 1 fully saturated rings. The smallest absolute Gasteiger partial charge is 0.243 e. The fraction of sp³-hybridized carbons (Fsp3) is 0.923. The molecule has 1 aliphatic carbocycles. The number of nitrogens with zero attached hydrogens (tertiary/aromatic N) is 1. The van der Waals surface area contributed by atoms with Crippen LogP contribution in [0.25, 0.3) is 0 Å². The molecule has 106 valence electrons. The number of aliphatic hydroxyl groups excluding tert-OH is 1. The average Bonchev–Trinajstić information content (AvgIpc) is 2.35. The third-order valence-electron chi connectivity index (χ3n) is 4.46. The summed E-state index contributed by atoms with van der Waals surface area (Å²) in [6.07, 6.45) is 0.559. The Bertz CT molecular complexity index is 319. The van der Waals surface area contributed by atoms with Crippen molar-refractivity contribution in [3.05, 3.63) is 0 Å². The molecule has 1 amide bonds. The summed E-state index contributed by atoms with van der Waals surface area (Å²) in [5, 5.41) is 9.12. The van der Waals surface area contributed by atoms with Crippen molar-refractivity contribution < 1.29 is 14.6 Å². The summed E-state index contributed by atoms with van der Waals surface area (Å²) in [5.74, 6) is -0.120. The third kappa shape index (κ3) is 2.15. The van der Waals surface area contributed by atoms with Gasteiger partial charge in [0.2, 0.25) is 5.91 Å². The number of hydrogen-bond acceptors (Lipinski definition) is 4. The van der Waals surface area contributed by atoms with E-state index in [1.807, 2.05) is 20.8 Å². The van der Waals surface area contributed by atoms with Crippen LogP contribution in [0.2, 0.25) is 0 Å². The predicted octanol–water partition coefficient (Wildman–Crippen LogP) is 0.358. The zero-order valence-electron chi connectivity index (χ0n) is 12.1. The highest BCUT2D eigenvalue weighted by Gasteiger charge is 2.63. The van der Waals surface area contributed by atoms with Crippen LogP contribution in [-0.2, 0) is 9.53 Å². The molecule has 0 spiro atoms. The van der Waals surface area contributed by atoms with Gasteiger partial charge in [0.1, 0.15) is 5.54 Å². The van der Waals surface area contributed by atoms with Crippen LogP contribution >= 0.6 is 0 Å². The van der Waals surface area contributed by atoms with E-state index in [1.54, 1.807) is 14.0 Å². The Morgan fingerprint density at radius 1 is 1.61 bits per heavy atom. The summed E-state index contributed by atoms with van der Waals surface area (Å²) < 4.78 is 5.61. The molecule has 3 atom stereocenters. The standard InChI is InChI=1S/C13H26N2O3/c1-6-18-10-7-13(14,12(10,3)4)11(17)15(5)9(2)8-16/h9-10,16H,6-8,14H2,1-5H3. The summed E-state index contributed by atoms with van der Waals surface area (Å²) in [6.45, 7) is 8.23. The van der Waals surface area contributed by atoms with Crippen molar-refractivity contribution in [2.45, 2.75) is 51.8 Å². The van der Waals surface area contributed by atoms with Crippen LogP contribution < -0.4 is 5.73 Å². The van der Waals surface area contributed by atoms with Crippen LogP contribution in [0.5, 0.6) is 0 Å². The van der Waals surface area contributed by atoms with Crippen molar-refractivity contribution in [2.24, 2.45) is 11.1 Å². The lowest BCUT2D eigenvalue weighted by Gasteiger charge is -2.58. The fourth-order valence-electron chi connectivity index (χ4n) is 2.44. The third-order valence-corrected chi connectivity index (χ3v) is 4.46. The molecule has 1 saturated carbocycles. The first-order valence-corrected chi connectivity index (χ1v) is 6.51. The zero-order valence-corrected chi connectivity index (χ0v) is 12.1. The minimum Gasteiger partial charge on any atom is -0.394 e. The molecule has 0 aromatic carbocycles. The minimum atomic E-state index is -0.898. The zero-order chi connectivity index (χ0) is 14.1. The summed E-state index contributed by atoms with van der Waals surface area (Å²) in [4.78, 5) is 14.0. The van der Waals surface area contributed by atoms with Crippen LogP contribution in [0.3, 0.4) is 0 Å². The lowest BCUT2D eigenvalue weighted by Crippen LogP contribution is -2.76. The van der Waals surface area contributed by atoms with E-state index in [4.69, 9.17) is 15.6 Å². The maximum Gasteiger partial charge on any atom is 0.243 e. The summed E-state index contributed by atoms with van der Waals surface area (Å²) in [5.41, 5.74) is 5.00. The van der Waals surface area contributed by atoms with Crippen LogP contribution in [-0.4, -0.2) is 53.9 Å². The van der Waals surface area contributed by atoms with Crippen molar-refractivity contribution in [3.8, 4) is 0 Å². The molecule has 5 nitrogen and oxygen atoms in total. The summed E-state index contributed by atoms with van der Waals surface area (Å²) in [6, 6.07) is -0.222. The summed E-state index contributed by atoms with van der Waals surface area (Å²) in [7, 11) is 1.68. The molecular formula is C13H26N2O3. The van der Waals surface area contributed by atoms with Gasteiger partial charge in [-0.15, -0.1) is 0 Å². The first-order chi connectivity index (χ1) is 8.22. The second kappa shape index (κ2) is 5.15. The van der Waals surface area contributed by atoms with E-state index in [0.29, 0.717) is 13.0 Å². The van der Waals surface area contributed by atoms with Gasteiger partial charge in [0.25, 0.3) is 0 Å². The highest BCUT2D eigenvalue weighted by molar-refractivity contribution is 5.89. The monoisotopic (exact) mass is 258 g/mol. The van der Waals surface area contributed by atoms with E-state index in [9.17, 15) is 4.79 Å². The van der Waals surface area contributed by atoms with Crippen molar-refractivity contribution >= 4 is 5.91 Å². The van der Waals surface area contributed by atoms with Gasteiger partial charge in [-0.2, -0.15) is 0 Å². The lowest BCUT2D eigenvalue weighted by molar-refractivity contribution is -0.180. The van der Waals surface area contributed by atoms with Crippen molar-refractivity contribution in [2.75, 3.05) is 20.3 Å². The molecule has 0 heterocycles. The Morgan fingerprint density at radius 3 is 2.56 bits per heavy atom. The molecule has 5 heteroatoms. The molecule has 0 radical (unpaired) electrons. The van der Waals surface area contributed by atoms with Gasteiger partial charge in [0, 0.05) is 25.5 Å². The summed E-state index contributed by atoms with van der Waals surface area (Å²) >= 11 is 0. The number of carbonyl (C=O) groups is 1. The molecule has 0 saturated heterocycles. The molecule has 3 unspecified atom stereocenters. The van der Waals surface area contributed by atoms with E-state index in [2.05, 4.69) is 0 Å². The van der Waals surface area contributed by atoms with Crippen molar-refractivity contribution in [1.82, 2.24) is 4.90 Å². The number of likely N-dealkylation sites (N-methyl/N-ethyl adjacent to an activating group) is 1. The molecule has 0 bridgehead atoms. The lowest BCUT2D eigenvalue weighted by atomic mass is 9.54. The molecule has 0 aromatic heterocycles. The van der Waals surface area contributed by atoms with Gasteiger partial charge in [-0.05, 0) is 13.8 Å². The van der Waals surface area contributed by atoms with E-state index in [-0.39, 0.29) is 30.1 Å². The van der Waals surface area contributed by atoms with Crippen molar-refractivity contribution in [1.29, 1.82) is 0 Å². The molecular weight excluding hydrogens is 232 g/mol. The first kappa shape index (κ1) is 15.4. The molecule has 18 heavy (non-hydrogen) atoms. The van der Waals surface area contributed by atoms with Gasteiger partial charge >= 0.3 is 0 Å². The topological polar surface area (TPSA) is 75.8 Å². The number of rotatable bonds is 5. The van der Waals surface area contributed by atoms with Crippen molar-refractivity contribution in [3.63, 3.8) is 0 Å². The normalized spacial score (nSPS) is 31.6. The molecule has 0 aliphatic heterocycles. The van der Waals surface area contributed by atoms with Crippen LogP contribution in [0.4, 0.5) is 0 Å². The predicted molar refractivity (Wildman–Crippen MR) is 70.0 cm³/mol. The molecule has 1 rings (SSSR count). The van der Waals surface area contributed by atoms with Gasteiger partial charge in [-0.1, -0.05) is 13.8 Å². The number of carbonyl (C=O) groups excluding carboxylic acids is 1. The van der Waals surface area contributed by atoms with Gasteiger partial charge in [-0.25, -0.2) is 0 Å². The van der Waals surface area contributed by atoms with Gasteiger partial charge in [0.05, 0.1) is 18.8 Å². The Balaban J connectivity index is 2.81. The Labute approximate surface area is 109 Å². The molecule has 0 aromatic rings. The Kier molecular flexibility index (Phi) is 4.41. The maximum atomic E-state index is 12.4. The number of aliphatic hydroxyl groups is 1. The largest absolute Gasteiger partial charge is 0.394 e. The quantitative estimate of drug-likeness (QED) is 0.746. The second-order valence-corrected chi connectivity index (χ2v) is 5.79. The minimum absolute atomic E-state index is 0.0225. The number of nitrogens with two attached hydrogens (primary N) is 1. The van der Waals surface area contributed by atoms with E-state index >= 15 is 0 Å². The SMILES string of the molecule is CCOC1CC(N)(C(=O)N(C)C(C)CO)C1(C)C. The number of amides is 1. The van der Waals surface area contributed by atoms with Crippen LogP contribution in [0, 0.1) is 5.41 Å². The van der Waals surface area contributed by atoms with E-state index in [1.165, 1.54) is 4.90 Å². The maximum absolute atomic E-state index is 12.4. The first-order valence-electron chi connectivity index (χ1n) is 6.51. The molecule has 1 aliphatic rings. The molecule has 3 N–H and O–H groups in total. The Hall–Kier alpha value is -0.650. The van der Waals surface area contributed by atoms with E-state index in [0.717, 1.165) is 0 Å². The second-order valence-electron chi connectivity index (χ2n) is 5.79. The van der Waals surface area contributed by atoms with Crippen LogP contribution in [0.15, 0.2) is 0 Å². The van der Waals surface area contributed by atoms with Gasteiger partial charge < -0.3 is 20.5 Å². The van der Waals surface area contributed by atoms with Gasteiger partial charge in [-0.3, -0.25) is 4.79 Å². The van der Waals surface area contributed by atoms with Gasteiger partial charge in [0.15, 0.2) is 0 Å².